The van der Waals surface area contributed by atoms with Crippen LogP contribution in [0.25, 0.3) is 0 Å². The van der Waals surface area contributed by atoms with Gasteiger partial charge in [0, 0.05) is 6.54 Å². The van der Waals surface area contributed by atoms with E-state index in [0.717, 1.165) is 11.1 Å². The van der Waals surface area contributed by atoms with Crippen LogP contribution in [0.2, 0.25) is 0 Å². The van der Waals surface area contributed by atoms with Crippen molar-refractivity contribution in [2.75, 3.05) is 11.9 Å². The second kappa shape index (κ2) is 7.56. The predicted molar refractivity (Wildman–Crippen MR) is 84.2 cm³/mol. The van der Waals surface area contributed by atoms with Crippen molar-refractivity contribution in [1.29, 1.82) is 0 Å². The number of hydrogen-bond acceptors (Lipinski definition) is 2. The van der Waals surface area contributed by atoms with Crippen LogP contribution >= 0.6 is 0 Å². The number of carbonyl (C=O) groups is 1. The maximum absolute atomic E-state index is 13.5. The van der Waals surface area contributed by atoms with E-state index in [1.165, 1.54) is 6.07 Å². The van der Waals surface area contributed by atoms with Crippen LogP contribution in [-0.4, -0.2) is 17.7 Å². The molecule has 22 heavy (non-hydrogen) atoms. The van der Waals surface area contributed by atoms with Crippen LogP contribution in [0.1, 0.15) is 23.7 Å². The summed E-state index contributed by atoms with van der Waals surface area (Å²) in [6.45, 7) is 2.11. The number of halogens is 1. The van der Waals surface area contributed by atoms with E-state index < -0.39 is 18.0 Å². The maximum atomic E-state index is 13.5. The summed E-state index contributed by atoms with van der Waals surface area (Å²) >= 11 is 0. The highest BCUT2D eigenvalue weighted by atomic mass is 19.1. The molecule has 2 aromatic rings. The number of amides is 2. The Hall–Kier alpha value is -2.40. The summed E-state index contributed by atoms with van der Waals surface area (Å²) in [6, 6.07) is 13.2. The van der Waals surface area contributed by atoms with Crippen LogP contribution in [0.3, 0.4) is 0 Å². The molecule has 0 aliphatic heterocycles. The van der Waals surface area contributed by atoms with Crippen LogP contribution in [0.5, 0.6) is 0 Å². The summed E-state index contributed by atoms with van der Waals surface area (Å²) in [7, 11) is 0. The van der Waals surface area contributed by atoms with Gasteiger partial charge in [-0.25, -0.2) is 9.18 Å². The molecule has 0 aromatic heterocycles. The highest BCUT2D eigenvalue weighted by molar-refractivity contribution is 5.89. The lowest BCUT2D eigenvalue weighted by Gasteiger charge is -2.12. The Bertz CT molecular complexity index is 632. The molecule has 1 atom stereocenters. The van der Waals surface area contributed by atoms with Crippen molar-refractivity contribution in [3.8, 4) is 0 Å². The monoisotopic (exact) mass is 302 g/mol. The first-order valence-corrected chi connectivity index (χ1v) is 7.10. The van der Waals surface area contributed by atoms with Crippen molar-refractivity contribution in [2.45, 2.75) is 19.4 Å². The molecule has 0 spiro atoms. The third-order valence-corrected chi connectivity index (χ3v) is 3.26. The molecule has 2 amide bonds. The summed E-state index contributed by atoms with van der Waals surface area (Å²) in [5.74, 6) is -0.481. The van der Waals surface area contributed by atoms with Gasteiger partial charge in [-0.15, -0.1) is 0 Å². The first-order chi connectivity index (χ1) is 10.6. The highest BCUT2D eigenvalue weighted by Gasteiger charge is 2.09. The first-order valence-electron chi connectivity index (χ1n) is 7.10. The number of hydrogen-bond donors (Lipinski definition) is 3. The lowest BCUT2D eigenvalue weighted by molar-refractivity contribution is 0.167. The van der Waals surface area contributed by atoms with Gasteiger partial charge in [0.15, 0.2) is 0 Å². The number of benzene rings is 2. The van der Waals surface area contributed by atoms with E-state index in [2.05, 4.69) is 10.6 Å². The normalized spacial score (nSPS) is 11.8. The quantitative estimate of drug-likeness (QED) is 0.793. The largest absolute Gasteiger partial charge is 0.388 e. The molecule has 0 bridgehead atoms. The van der Waals surface area contributed by atoms with Crippen molar-refractivity contribution >= 4 is 11.7 Å². The van der Waals surface area contributed by atoms with Crippen LogP contribution in [0, 0.1) is 12.7 Å². The molecule has 2 rings (SSSR count). The lowest BCUT2D eigenvalue weighted by atomic mass is 10.1. The van der Waals surface area contributed by atoms with Gasteiger partial charge >= 0.3 is 6.03 Å². The molecule has 5 heteroatoms. The molecule has 0 fully saturated rings. The molecule has 0 aliphatic rings. The van der Waals surface area contributed by atoms with Gasteiger partial charge < -0.3 is 15.7 Å². The molecule has 1 unspecified atom stereocenters. The van der Waals surface area contributed by atoms with Gasteiger partial charge in [-0.3, -0.25) is 0 Å². The number of urea groups is 1. The van der Waals surface area contributed by atoms with Gasteiger partial charge in [-0.05, 0) is 36.6 Å². The van der Waals surface area contributed by atoms with Crippen molar-refractivity contribution < 1.29 is 14.3 Å². The minimum Gasteiger partial charge on any atom is -0.388 e. The molecule has 0 heterocycles. The molecule has 0 saturated carbocycles. The van der Waals surface area contributed by atoms with E-state index in [4.69, 9.17) is 0 Å². The molecular formula is C17H19FN2O2. The summed E-state index contributed by atoms with van der Waals surface area (Å²) in [6.07, 6.45) is -0.259. The molecule has 0 radical (unpaired) electrons. The van der Waals surface area contributed by atoms with E-state index in [0.29, 0.717) is 6.42 Å². The number of nitrogens with one attached hydrogen (secondary N) is 2. The van der Waals surface area contributed by atoms with Crippen LogP contribution in [-0.2, 0) is 0 Å². The molecular weight excluding hydrogens is 283 g/mol. The minimum atomic E-state index is -0.641. The van der Waals surface area contributed by atoms with Crippen LogP contribution in [0.15, 0.2) is 48.5 Å². The summed E-state index contributed by atoms with van der Waals surface area (Å²) in [4.78, 5) is 11.7. The highest BCUT2D eigenvalue weighted by Crippen LogP contribution is 2.16. The zero-order valence-corrected chi connectivity index (χ0v) is 12.3. The Balaban J connectivity index is 1.80. The lowest BCUT2D eigenvalue weighted by Crippen LogP contribution is -2.30. The van der Waals surface area contributed by atoms with Gasteiger partial charge in [-0.2, -0.15) is 0 Å². The molecule has 2 aromatic carbocycles. The fourth-order valence-electron chi connectivity index (χ4n) is 2.07. The molecule has 116 valence electrons. The topological polar surface area (TPSA) is 61.4 Å². The molecule has 3 N–H and O–H groups in total. The van der Waals surface area contributed by atoms with E-state index in [1.807, 2.05) is 37.3 Å². The number of aliphatic hydroxyl groups excluding tert-OH is 1. The van der Waals surface area contributed by atoms with Crippen molar-refractivity contribution in [3.05, 3.63) is 65.5 Å². The fraction of sp³-hybridized carbons (Fsp3) is 0.235. The van der Waals surface area contributed by atoms with E-state index in [1.54, 1.807) is 12.1 Å². The Morgan fingerprint density at radius 2 is 1.95 bits per heavy atom. The standard InChI is InChI=1S/C17H19FN2O2/c1-12-7-8-14(18)15(11-12)20-17(22)19-10-9-16(21)13-5-3-2-4-6-13/h2-8,11,16,21H,9-10H2,1H3,(H2,19,20,22). The number of rotatable bonds is 5. The smallest absolute Gasteiger partial charge is 0.319 e. The number of aliphatic hydroxyl groups is 1. The molecule has 0 saturated heterocycles. The van der Waals surface area contributed by atoms with Gasteiger partial charge in [0.2, 0.25) is 0 Å². The van der Waals surface area contributed by atoms with Crippen LogP contribution < -0.4 is 10.6 Å². The van der Waals surface area contributed by atoms with Gasteiger partial charge in [0.05, 0.1) is 11.8 Å². The van der Waals surface area contributed by atoms with Crippen LogP contribution in [0.4, 0.5) is 14.9 Å². The SMILES string of the molecule is Cc1ccc(F)c(NC(=O)NCCC(O)c2ccccc2)c1. The molecule has 0 aliphatic carbocycles. The number of anilines is 1. The third-order valence-electron chi connectivity index (χ3n) is 3.26. The second-order valence-electron chi connectivity index (χ2n) is 5.08. The van der Waals surface area contributed by atoms with Gasteiger partial charge in [0.25, 0.3) is 0 Å². The van der Waals surface area contributed by atoms with E-state index in [-0.39, 0.29) is 12.2 Å². The van der Waals surface area contributed by atoms with Gasteiger partial charge in [-0.1, -0.05) is 36.4 Å². The Morgan fingerprint density at radius 3 is 2.68 bits per heavy atom. The number of aryl methyl sites for hydroxylation is 1. The Morgan fingerprint density at radius 1 is 1.23 bits per heavy atom. The minimum absolute atomic E-state index is 0.140. The van der Waals surface area contributed by atoms with Crippen molar-refractivity contribution in [2.24, 2.45) is 0 Å². The zero-order chi connectivity index (χ0) is 15.9. The fourth-order valence-corrected chi connectivity index (χ4v) is 2.07. The average Bonchev–Trinajstić information content (AvgIpc) is 2.51. The van der Waals surface area contributed by atoms with Crippen molar-refractivity contribution in [3.63, 3.8) is 0 Å². The van der Waals surface area contributed by atoms with E-state index >= 15 is 0 Å². The Kier molecular flexibility index (Phi) is 5.49. The summed E-state index contributed by atoms with van der Waals surface area (Å²) in [5, 5.41) is 15.0. The summed E-state index contributed by atoms with van der Waals surface area (Å²) in [5.41, 5.74) is 1.80. The van der Waals surface area contributed by atoms with Crippen molar-refractivity contribution in [1.82, 2.24) is 5.32 Å². The predicted octanol–water partition coefficient (Wildman–Crippen LogP) is 3.38. The first kappa shape index (κ1) is 16.0. The second-order valence-corrected chi connectivity index (χ2v) is 5.08. The number of carbonyl (C=O) groups excluding carboxylic acids is 1. The Labute approximate surface area is 129 Å². The maximum Gasteiger partial charge on any atom is 0.319 e. The zero-order valence-electron chi connectivity index (χ0n) is 12.3. The average molecular weight is 302 g/mol. The summed E-state index contributed by atoms with van der Waals surface area (Å²) < 4.78 is 13.5. The van der Waals surface area contributed by atoms with Gasteiger partial charge in [0.1, 0.15) is 5.82 Å². The molecule has 4 nitrogen and oxygen atoms in total. The van der Waals surface area contributed by atoms with E-state index in [9.17, 15) is 14.3 Å². The third kappa shape index (κ3) is 4.56.